The summed E-state index contributed by atoms with van der Waals surface area (Å²) < 4.78 is 59.0. The van der Waals surface area contributed by atoms with Crippen molar-refractivity contribution >= 4 is 37.6 Å². The van der Waals surface area contributed by atoms with E-state index in [0.29, 0.717) is 5.56 Å². The summed E-state index contributed by atoms with van der Waals surface area (Å²) in [6.07, 6.45) is 0. The number of amides is 1. The summed E-state index contributed by atoms with van der Waals surface area (Å²) in [5.74, 6) is -1.74. The van der Waals surface area contributed by atoms with Gasteiger partial charge in [-0.05, 0) is 42.8 Å². The molecule has 0 saturated carbocycles. The summed E-state index contributed by atoms with van der Waals surface area (Å²) in [5.41, 5.74) is 0.531. The molecule has 1 amide bonds. The van der Waals surface area contributed by atoms with Gasteiger partial charge in [-0.3, -0.25) is 4.79 Å². The van der Waals surface area contributed by atoms with Gasteiger partial charge in [0.25, 0.3) is 5.91 Å². The maximum Gasteiger partial charge on any atom is 0.338 e. The van der Waals surface area contributed by atoms with Crippen LogP contribution in [0.4, 0.5) is 5.69 Å². The number of primary sulfonamides is 1. The number of anilines is 1. The predicted octanol–water partition coefficient (Wildman–Crippen LogP) is 0.697. The average Bonchev–Trinajstić information content (AvgIpc) is 2.72. The molecule has 0 atom stereocenters. The Hall–Kier alpha value is -3.00. The van der Waals surface area contributed by atoms with Crippen LogP contribution in [0.1, 0.15) is 15.9 Å². The van der Waals surface area contributed by atoms with Gasteiger partial charge in [-0.15, -0.1) is 0 Å². The minimum Gasteiger partial charge on any atom is -0.495 e. The first-order valence-electron chi connectivity index (χ1n) is 8.98. The summed E-state index contributed by atoms with van der Waals surface area (Å²) in [6.45, 7) is 0.924. The first-order valence-corrected chi connectivity index (χ1v) is 12.0. The monoisotopic (exact) mass is 485 g/mol. The molecule has 0 fully saturated rings. The van der Waals surface area contributed by atoms with Crippen LogP contribution in [0.15, 0.2) is 46.2 Å². The van der Waals surface area contributed by atoms with Crippen LogP contribution in [0.25, 0.3) is 0 Å². The van der Waals surface area contributed by atoms with E-state index in [0.717, 1.165) is 10.4 Å². The minimum absolute atomic E-state index is 0.0195. The van der Waals surface area contributed by atoms with E-state index in [1.807, 2.05) is 0 Å². The van der Waals surface area contributed by atoms with Crippen LogP contribution in [0.3, 0.4) is 0 Å². The standard InChI is InChI=1S/C19H23N3O8S2/c1-12-5-7-14(10-16(12)32(27,28)22(2)3)21-18(23)11-30-19(24)13-6-8-15(29-4)17(9-13)31(20,25)26/h5-10H,11H2,1-4H3,(H,21,23)(H2,20,25,26). The van der Waals surface area contributed by atoms with Gasteiger partial charge in [0.2, 0.25) is 20.0 Å². The largest absolute Gasteiger partial charge is 0.495 e. The lowest BCUT2D eigenvalue weighted by Crippen LogP contribution is -2.24. The molecule has 0 aliphatic rings. The van der Waals surface area contributed by atoms with Crippen LogP contribution >= 0.6 is 0 Å². The van der Waals surface area contributed by atoms with Gasteiger partial charge < -0.3 is 14.8 Å². The summed E-state index contributed by atoms with van der Waals surface area (Å²) in [6, 6.07) is 7.80. The fourth-order valence-corrected chi connectivity index (χ4v) is 4.46. The second kappa shape index (κ2) is 9.65. The summed E-state index contributed by atoms with van der Waals surface area (Å²) >= 11 is 0. The lowest BCUT2D eigenvalue weighted by atomic mass is 10.2. The van der Waals surface area contributed by atoms with Crippen molar-refractivity contribution in [3.8, 4) is 5.75 Å². The number of sulfonamides is 2. The minimum atomic E-state index is -4.16. The Balaban J connectivity index is 2.12. The zero-order valence-corrected chi connectivity index (χ0v) is 19.4. The number of ether oxygens (including phenoxy) is 2. The quantitative estimate of drug-likeness (QED) is 0.516. The van der Waals surface area contributed by atoms with Gasteiger partial charge in [0.05, 0.1) is 17.6 Å². The lowest BCUT2D eigenvalue weighted by Gasteiger charge is -2.15. The van der Waals surface area contributed by atoms with Gasteiger partial charge in [-0.2, -0.15) is 0 Å². The molecule has 2 aromatic rings. The molecule has 2 aromatic carbocycles. The Morgan fingerprint density at radius 3 is 2.25 bits per heavy atom. The zero-order valence-electron chi connectivity index (χ0n) is 17.8. The molecular weight excluding hydrogens is 462 g/mol. The van der Waals surface area contributed by atoms with E-state index in [1.165, 1.54) is 51.5 Å². The van der Waals surface area contributed by atoms with E-state index in [-0.39, 0.29) is 21.9 Å². The number of hydrogen-bond acceptors (Lipinski definition) is 8. The van der Waals surface area contributed by atoms with Gasteiger partial charge >= 0.3 is 5.97 Å². The molecule has 0 spiro atoms. The van der Waals surface area contributed by atoms with E-state index >= 15 is 0 Å². The Bertz CT molecular complexity index is 1260. The van der Waals surface area contributed by atoms with Crippen molar-refractivity contribution in [3.05, 3.63) is 47.5 Å². The van der Waals surface area contributed by atoms with Crippen LogP contribution in [-0.4, -0.2) is 60.8 Å². The highest BCUT2D eigenvalue weighted by Gasteiger charge is 2.21. The molecule has 0 radical (unpaired) electrons. The number of methoxy groups -OCH3 is 1. The predicted molar refractivity (Wildman–Crippen MR) is 115 cm³/mol. The number of aryl methyl sites for hydroxylation is 1. The number of esters is 1. The first-order chi connectivity index (χ1) is 14.8. The fourth-order valence-electron chi connectivity index (χ4n) is 2.59. The van der Waals surface area contributed by atoms with Gasteiger partial charge in [-0.1, -0.05) is 6.07 Å². The molecule has 3 N–H and O–H groups in total. The highest BCUT2D eigenvalue weighted by molar-refractivity contribution is 7.89. The lowest BCUT2D eigenvalue weighted by molar-refractivity contribution is -0.119. The molecule has 0 saturated heterocycles. The van der Waals surface area contributed by atoms with Crippen LogP contribution in [-0.2, 0) is 29.6 Å². The fraction of sp³-hybridized carbons (Fsp3) is 0.263. The smallest absolute Gasteiger partial charge is 0.338 e. The first kappa shape index (κ1) is 25.3. The van der Waals surface area contributed by atoms with Crippen molar-refractivity contribution in [2.75, 3.05) is 33.1 Å². The van der Waals surface area contributed by atoms with Crippen molar-refractivity contribution in [2.45, 2.75) is 16.7 Å². The summed E-state index contributed by atoms with van der Waals surface area (Å²) in [7, 11) is -3.87. The molecule has 11 nitrogen and oxygen atoms in total. The summed E-state index contributed by atoms with van der Waals surface area (Å²) in [4.78, 5) is 24.0. The highest BCUT2D eigenvalue weighted by atomic mass is 32.2. The molecule has 0 heterocycles. The Morgan fingerprint density at radius 1 is 1.03 bits per heavy atom. The maximum absolute atomic E-state index is 12.4. The van der Waals surface area contributed by atoms with Gasteiger partial charge in [0, 0.05) is 19.8 Å². The van der Waals surface area contributed by atoms with E-state index in [2.05, 4.69) is 5.32 Å². The second-order valence-electron chi connectivity index (χ2n) is 6.80. The molecule has 0 aliphatic carbocycles. The van der Waals surface area contributed by atoms with E-state index < -0.39 is 43.4 Å². The van der Waals surface area contributed by atoms with Crippen molar-refractivity contribution in [1.29, 1.82) is 0 Å². The van der Waals surface area contributed by atoms with Gasteiger partial charge in [-0.25, -0.2) is 31.1 Å². The van der Waals surface area contributed by atoms with Crippen LogP contribution < -0.4 is 15.2 Å². The number of rotatable bonds is 8. The third-order valence-corrected chi connectivity index (χ3v) is 7.16. The number of carbonyl (C=O) groups is 2. The van der Waals surface area contributed by atoms with Crippen molar-refractivity contribution < 1.29 is 35.9 Å². The molecule has 0 aliphatic heterocycles. The number of hydrogen-bond donors (Lipinski definition) is 2. The Kier molecular flexibility index (Phi) is 7.62. The van der Waals surface area contributed by atoms with Crippen molar-refractivity contribution in [1.82, 2.24) is 4.31 Å². The number of carbonyl (C=O) groups excluding carboxylic acids is 2. The van der Waals surface area contributed by atoms with Crippen LogP contribution in [0.2, 0.25) is 0 Å². The average molecular weight is 486 g/mol. The van der Waals surface area contributed by atoms with E-state index in [9.17, 15) is 26.4 Å². The normalized spacial score (nSPS) is 11.8. The molecule has 2 rings (SSSR count). The molecular formula is C19H23N3O8S2. The van der Waals surface area contributed by atoms with Gasteiger partial charge in [0.1, 0.15) is 10.6 Å². The van der Waals surface area contributed by atoms with Crippen molar-refractivity contribution in [2.24, 2.45) is 5.14 Å². The zero-order chi connectivity index (χ0) is 24.3. The molecule has 0 unspecified atom stereocenters. The number of nitrogens with two attached hydrogens (primary N) is 1. The molecule has 13 heteroatoms. The maximum atomic E-state index is 12.4. The van der Waals surface area contributed by atoms with Crippen molar-refractivity contribution in [3.63, 3.8) is 0 Å². The Labute approximate surface area is 186 Å². The third kappa shape index (κ3) is 5.82. The number of benzene rings is 2. The number of nitrogens with one attached hydrogen (secondary N) is 1. The SMILES string of the molecule is COc1ccc(C(=O)OCC(=O)Nc2ccc(C)c(S(=O)(=O)N(C)C)c2)cc1S(N)(=O)=O. The molecule has 0 bridgehead atoms. The molecule has 0 aromatic heterocycles. The third-order valence-electron chi connectivity index (χ3n) is 4.27. The highest BCUT2D eigenvalue weighted by Crippen LogP contribution is 2.24. The Morgan fingerprint density at radius 2 is 1.69 bits per heavy atom. The van der Waals surface area contributed by atoms with E-state index in [4.69, 9.17) is 14.6 Å². The van der Waals surface area contributed by atoms with Gasteiger partial charge in [0.15, 0.2) is 6.61 Å². The molecule has 174 valence electrons. The van der Waals surface area contributed by atoms with Crippen LogP contribution in [0, 0.1) is 6.92 Å². The van der Waals surface area contributed by atoms with E-state index in [1.54, 1.807) is 6.92 Å². The molecule has 32 heavy (non-hydrogen) atoms. The summed E-state index contributed by atoms with van der Waals surface area (Å²) in [5, 5.41) is 7.56. The topological polar surface area (TPSA) is 162 Å². The number of nitrogens with zero attached hydrogens (tertiary/aromatic N) is 1. The second-order valence-corrected chi connectivity index (χ2v) is 10.5. The van der Waals surface area contributed by atoms with Crippen LogP contribution in [0.5, 0.6) is 5.75 Å².